The van der Waals surface area contributed by atoms with Crippen LogP contribution in [0.25, 0.3) is 27.6 Å². The molecule has 160 valence electrons. The van der Waals surface area contributed by atoms with Gasteiger partial charge < -0.3 is 10.1 Å². The van der Waals surface area contributed by atoms with E-state index in [0.29, 0.717) is 27.8 Å². The molecule has 5 nitrogen and oxygen atoms in total. The summed E-state index contributed by atoms with van der Waals surface area (Å²) >= 11 is 2.88. The van der Waals surface area contributed by atoms with Crippen LogP contribution >= 0.6 is 22.7 Å². The van der Waals surface area contributed by atoms with Gasteiger partial charge in [0.15, 0.2) is 0 Å². The zero-order valence-electron chi connectivity index (χ0n) is 17.9. The zero-order valence-corrected chi connectivity index (χ0v) is 19.6. The fourth-order valence-electron chi connectivity index (χ4n) is 3.34. The first-order valence-corrected chi connectivity index (χ1v) is 11.8. The van der Waals surface area contributed by atoms with Crippen LogP contribution < -0.4 is 5.32 Å². The number of allylic oxidation sites excluding steroid dienone is 1. The molecule has 4 aromatic rings. The lowest BCUT2D eigenvalue weighted by atomic mass is 10.1. The van der Waals surface area contributed by atoms with Gasteiger partial charge in [0.2, 0.25) is 0 Å². The van der Waals surface area contributed by atoms with E-state index in [1.165, 1.54) is 28.1 Å². The zero-order chi connectivity index (χ0) is 22.7. The second-order valence-corrected chi connectivity index (χ2v) is 9.20. The van der Waals surface area contributed by atoms with E-state index in [0.717, 1.165) is 27.1 Å². The molecule has 0 saturated carbocycles. The van der Waals surface area contributed by atoms with Gasteiger partial charge in [-0.25, -0.2) is 9.78 Å². The molecule has 0 unspecified atom stereocenters. The molecule has 0 aliphatic rings. The fourth-order valence-corrected chi connectivity index (χ4v) is 5.15. The van der Waals surface area contributed by atoms with Gasteiger partial charge in [-0.1, -0.05) is 36.4 Å². The average molecular weight is 460 g/mol. The summed E-state index contributed by atoms with van der Waals surface area (Å²) in [5.41, 5.74) is 3.63. The highest BCUT2D eigenvalue weighted by atomic mass is 32.1. The summed E-state index contributed by atoms with van der Waals surface area (Å²) in [7, 11) is 0. The van der Waals surface area contributed by atoms with Crippen LogP contribution in [0.5, 0.6) is 0 Å². The number of hydrogen-bond donors (Lipinski definition) is 1. The number of fused-ring (bicyclic) bond motifs is 1. The molecule has 0 saturated heterocycles. The number of thiazole rings is 1. The summed E-state index contributed by atoms with van der Waals surface area (Å²) in [6.07, 6.45) is 1.61. The van der Waals surface area contributed by atoms with Crippen LogP contribution in [0, 0.1) is 25.2 Å². The van der Waals surface area contributed by atoms with E-state index in [-0.39, 0.29) is 5.97 Å². The number of ether oxygens (including phenoxy) is 1. The predicted octanol–water partition coefficient (Wildman–Crippen LogP) is 6.79. The van der Waals surface area contributed by atoms with E-state index in [1.54, 1.807) is 13.1 Å². The van der Waals surface area contributed by atoms with Gasteiger partial charge in [0, 0.05) is 22.0 Å². The number of carbonyl (C=O) groups is 1. The maximum atomic E-state index is 12.4. The number of thiophene rings is 1. The van der Waals surface area contributed by atoms with Gasteiger partial charge in [0.1, 0.15) is 21.7 Å². The van der Waals surface area contributed by atoms with Crippen LogP contribution in [0.3, 0.4) is 0 Å². The molecular weight excluding hydrogens is 438 g/mol. The second-order valence-electron chi connectivity index (χ2n) is 7.12. The van der Waals surface area contributed by atoms with Crippen molar-refractivity contribution in [2.45, 2.75) is 20.8 Å². The molecule has 0 fully saturated rings. The summed E-state index contributed by atoms with van der Waals surface area (Å²) in [5.74, 6) is -0.364. The standard InChI is InChI=1S/C25H21N3O2S2/c1-4-30-25(29)22-15(2)16(3)32-24(22)27-13-20(12-26)23-28-21(14-31-23)19-10-9-17-7-5-6-8-18(17)11-19/h5-11,13-14,27H,4H2,1-3H3/b20-13-. The van der Waals surface area contributed by atoms with Crippen molar-refractivity contribution in [3.8, 4) is 17.3 Å². The third-order valence-electron chi connectivity index (χ3n) is 5.11. The molecule has 0 aliphatic carbocycles. The Balaban J connectivity index is 1.61. The van der Waals surface area contributed by atoms with Gasteiger partial charge in [-0.15, -0.1) is 22.7 Å². The number of nitrogens with one attached hydrogen (secondary N) is 1. The third kappa shape index (κ3) is 4.28. The fraction of sp³-hybridized carbons (Fsp3) is 0.160. The SMILES string of the molecule is CCOC(=O)c1c(N/C=C(/C#N)c2nc(-c3ccc4ccccc4c3)cs2)sc(C)c1C. The topological polar surface area (TPSA) is 75.0 Å². The Morgan fingerprint density at radius 1 is 1.22 bits per heavy atom. The molecule has 0 aliphatic heterocycles. The van der Waals surface area contributed by atoms with E-state index in [1.807, 2.05) is 37.4 Å². The molecule has 2 heterocycles. The second kappa shape index (κ2) is 9.35. The van der Waals surface area contributed by atoms with Crippen molar-refractivity contribution < 1.29 is 9.53 Å². The van der Waals surface area contributed by atoms with Crippen molar-refractivity contribution >= 4 is 50.0 Å². The van der Waals surface area contributed by atoms with Crippen LogP contribution in [0.2, 0.25) is 0 Å². The van der Waals surface area contributed by atoms with Gasteiger partial charge in [0.05, 0.1) is 17.9 Å². The Labute approximate surface area is 194 Å². The van der Waals surface area contributed by atoms with E-state index in [9.17, 15) is 10.1 Å². The van der Waals surface area contributed by atoms with Gasteiger partial charge in [-0.2, -0.15) is 5.26 Å². The molecule has 1 N–H and O–H groups in total. The van der Waals surface area contributed by atoms with E-state index in [4.69, 9.17) is 4.74 Å². The van der Waals surface area contributed by atoms with Crippen LogP contribution in [0.15, 0.2) is 54.0 Å². The molecule has 2 aromatic heterocycles. The maximum absolute atomic E-state index is 12.4. The Hall–Kier alpha value is -3.47. The quantitative estimate of drug-likeness (QED) is 0.254. The van der Waals surface area contributed by atoms with Crippen LogP contribution in [-0.4, -0.2) is 17.6 Å². The van der Waals surface area contributed by atoms with Gasteiger partial charge in [0.25, 0.3) is 0 Å². The number of benzene rings is 2. The predicted molar refractivity (Wildman–Crippen MR) is 132 cm³/mol. The average Bonchev–Trinajstić information content (AvgIpc) is 3.39. The maximum Gasteiger partial charge on any atom is 0.341 e. The molecule has 2 aromatic carbocycles. The number of hydrogen-bond acceptors (Lipinski definition) is 7. The lowest BCUT2D eigenvalue weighted by molar-refractivity contribution is 0.0527. The minimum atomic E-state index is -0.364. The Kier molecular flexibility index (Phi) is 6.35. The van der Waals surface area contributed by atoms with Crippen molar-refractivity contribution in [2.24, 2.45) is 0 Å². The van der Waals surface area contributed by atoms with E-state index in [2.05, 4.69) is 40.6 Å². The number of anilines is 1. The summed E-state index contributed by atoms with van der Waals surface area (Å²) in [6, 6.07) is 16.6. The van der Waals surface area contributed by atoms with Gasteiger partial charge in [-0.3, -0.25) is 0 Å². The molecule has 0 spiro atoms. The number of nitriles is 1. The smallest absolute Gasteiger partial charge is 0.341 e. The Bertz CT molecular complexity index is 1380. The number of aryl methyl sites for hydroxylation is 1. The van der Waals surface area contributed by atoms with Crippen LogP contribution in [-0.2, 0) is 4.74 Å². The van der Waals surface area contributed by atoms with Gasteiger partial charge >= 0.3 is 5.97 Å². The van der Waals surface area contributed by atoms with E-state index < -0.39 is 0 Å². The highest BCUT2D eigenvalue weighted by molar-refractivity contribution is 7.16. The lowest BCUT2D eigenvalue weighted by Crippen LogP contribution is -2.07. The van der Waals surface area contributed by atoms with Crippen molar-refractivity contribution in [3.05, 3.63) is 75.1 Å². The molecule has 4 rings (SSSR count). The molecule has 0 atom stereocenters. The van der Waals surface area contributed by atoms with Gasteiger partial charge in [-0.05, 0) is 43.2 Å². The largest absolute Gasteiger partial charge is 0.462 e. The molecule has 0 amide bonds. The van der Waals surface area contributed by atoms with Crippen LogP contribution in [0.4, 0.5) is 5.00 Å². The lowest BCUT2D eigenvalue weighted by Gasteiger charge is -2.05. The number of carbonyl (C=O) groups excluding carboxylic acids is 1. The van der Waals surface area contributed by atoms with Crippen molar-refractivity contribution in [1.29, 1.82) is 5.26 Å². The minimum Gasteiger partial charge on any atom is -0.462 e. The summed E-state index contributed by atoms with van der Waals surface area (Å²) in [5, 5.41) is 18.4. The Morgan fingerprint density at radius 3 is 2.75 bits per heavy atom. The molecule has 32 heavy (non-hydrogen) atoms. The number of esters is 1. The van der Waals surface area contributed by atoms with E-state index >= 15 is 0 Å². The monoisotopic (exact) mass is 459 g/mol. The normalized spacial score (nSPS) is 11.4. The number of rotatable bonds is 6. The Morgan fingerprint density at radius 2 is 2.00 bits per heavy atom. The summed E-state index contributed by atoms with van der Waals surface area (Å²) < 4.78 is 5.20. The molecule has 0 radical (unpaired) electrons. The highest BCUT2D eigenvalue weighted by Gasteiger charge is 2.20. The molecule has 7 heteroatoms. The number of aromatic nitrogens is 1. The first kappa shape index (κ1) is 21.8. The first-order chi connectivity index (χ1) is 15.5. The molecule has 0 bridgehead atoms. The molecular formula is C25H21N3O2S2. The minimum absolute atomic E-state index is 0.308. The number of nitrogens with zero attached hydrogens (tertiary/aromatic N) is 2. The van der Waals surface area contributed by atoms with Crippen LogP contribution in [0.1, 0.15) is 32.7 Å². The summed E-state index contributed by atoms with van der Waals surface area (Å²) in [4.78, 5) is 18.1. The van der Waals surface area contributed by atoms with Crippen molar-refractivity contribution in [1.82, 2.24) is 4.98 Å². The summed E-state index contributed by atoms with van der Waals surface area (Å²) in [6.45, 7) is 5.94. The van der Waals surface area contributed by atoms with Crippen molar-refractivity contribution in [3.63, 3.8) is 0 Å². The highest BCUT2D eigenvalue weighted by Crippen LogP contribution is 2.34. The first-order valence-electron chi connectivity index (χ1n) is 10.1. The van der Waals surface area contributed by atoms with Crippen molar-refractivity contribution in [2.75, 3.05) is 11.9 Å². The third-order valence-corrected chi connectivity index (χ3v) is 7.13.